The van der Waals surface area contributed by atoms with Gasteiger partial charge in [-0.3, -0.25) is 0 Å². The van der Waals surface area contributed by atoms with Crippen molar-refractivity contribution in [3.63, 3.8) is 0 Å². The van der Waals surface area contributed by atoms with Crippen molar-refractivity contribution in [2.75, 3.05) is 0 Å². The van der Waals surface area contributed by atoms with Gasteiger partial charge in [0.25, 0.3) is 0 Å². The molecule has 1 aliphatic rings. The third kappa shape index (κ3) is 2.79. The third-order valence-corrected chi connectivity index (χ3v) is 4.48. The second kappa shape index (κ2) is 5.07. The Morgan fingerprint density at radius 2 is 2.28 bits per heavy atom. The molecule has 94 valence electrons. The summed E-state index contributed by atoms with van der Waals surface area (Å²) in [6.07, 6.45) is 2.54. The second-order valence-corrected chi connectivity index (χ2v) is 6.14. The summed E-state index contributed by atoms with van der Waals surface area (Å²) >= 11 is 4.98. The molecule has 18 heavy (non-hydrogen) atoms. The van der Waals surface area contributed by atoms with Crippen molar-refractivity contribution in [1.29, 1.82) is 0 Å². The highest BCUT2D eigenvalue weighted by atomic mass is 79.9. The Morgan fingerprint density at radius 1 is 1.44 bits per heavy atom. The van der Waals surface area contributed by atoms with Crippen LogP contribution < -0.4 is 5.32 Å². The number of hydrogen-bond acceptors (Lipinski definition) is 3. The quantitative estimate of drug-likeness (QED) is 0.919. The minimum Gasteiger partial charge on any atom is -0.308 e. The Bertz CT molecular complexity index is 566. The van der Waals surface area contributed by atoms with Gasteiger partial charge in [0.2, 0.25) is 0 Å². The molecule has 5 heteroatoms. The number of nitrogens with one attached hydrogen (secondary N) is 1. The summed E-state index contributed by atoms with van der Waals surface area (Å²) in [5.41, 5.74) is 1.84. The maximum Gasteiger partial charge on any atom is 0.124 e. The zero-order valence-corrected chi connectivity index (χ0v) is 12.0. The number of thiazole rings is 1. The van der Waals surface area contributed by atoms with Gasteiger partial charge in [-0.15, -0.1) is 11.3 Å². The van der Waals surface area contributed by atoms with Crippen LogP contribution in [0.5, 0.6) is 0 Å². The summed E-state index contributed by atoms with van der Waals surface area (Å²) in [6, 6.07) is 5.35. The van der Waals surface area contributed by atoms with Gasteiger partial charge in [0.05, 0.1) is 5.69 Å². The highest BCUT2D eigenvalue weighted by Crippen LogP contribution is 2.31. The van der Waals surface area contributed by atoms with E-state index in [2.05, 4.69) is 26.2 Å². The molecule has 1 aliphatic carbocycles. The summed E-state index contributed by atoms with van der Waals surface area (Å²) in [6.45, 7) is 0.800. The van der Waals surface area contributed by atoms with E-state index in [1.54, 1.807) is 17.4 Å². The van der Waals surface area contributed by atoms with Crippen LogP contribution in [0, 0.1) is 5.82 Å². The van der Waals surface area contributed by atoms with Crippen molar-refractivity contribution in [1.82, 2.24) is 10.3 Å². The molecule has 1 aromatic heterocycles. The van der Waals surface area contributed by atoms with E-state index < -0.39 is 0 Å². The van der Waals surface area contributed by atoms with Gasteiger partial charge in [-0.05, 0) is 31.0 Å². The van der Waals surface area contributed by atoms with E-state index in [-0.39, 0.29) is 5.82 Å². The summed E-state index contributed by atoms with van der Waals surface area (Å²) in [7, 11) is 0. The Kier molecular flexibility index (Phi) is 3.46. The van der Waals surface area contributed by atoms with Crippen molar-refractivity contribution in [3.05, 3.63) is 39.6 Å². The summed E-state index contributed by atoms with van der Waals surface area (Å²) < 4.78 is 14.1. The van der Waals surface area contributed by atoms with Crippen LogP contribution in [-0.4, -0.2) is 11.0 Å². The highest BCUT2D eigenvalue weighted by Gasteiger charge is 2.20. The fourth-order valence-electron chi connectivity index (χ4n) is 1.71. The molecule has 0 unspecified atom stereocenters. The van der Waals surface area contributed by atoms with Crippen molar-refractivity contribution in [2.24, 2.45) is 0 Å². The fourth-order valence-corrected chi connectivity index (χ4v) is 3.12. The maximum absolute atomic E-state index is 13.2. The molecule has 1 saturated carbocycles. The topological polar surface area (TPSA) is 24.9 Å². The van der Waals surface area contributed by atoms with Crippen LogP contribution in [0.2, 0.25) is 0 Å². The summed E-state index contributed by atoms with van der Waals surface area (Å²) in [5.74, 6) is -0.235. The third-order valence-electron chi connectivity index (χ3n) is 2.86. The van der Waals surface area contributed by atoms with Gasteiger partial charge in [-0.1, -0.05) is 15.9 Å². The van der Waals surface area contributed by atoms with Crippen molar-refractivity contribution in [3.8, 4) is 10.6 Å². The molecular weight excluding hydrogens is 315 g/mol. The average Bonchev–Trinajstić information content (AvgIpc) is 3.08. The minimum absolute atomic E-state index is 0.235. The van der Waals surface area contributed by atoms with Crippen LogP contribution in [-0.2, 0) is 6.54 Å². The lowest BCUT2D eigenvalue weighted by Crippen LogP contribution is -2.15. The molecule has 2 nitrogen and oxygen atoms in total. The van der Waals surface area contributed by atoms with Gasteiger partial charge >= 0.3 is 0 Å². The zero-order valence-electron chi connectivity index (χ0n) is 9.62. The standard InChI is InChI=1S/C13H12BrFN2S/c14-12-4-1-8(15)5-11(12)13-17-10(7-18-13)6-16-9-2-3-9/h1,4-5,7,9,16H,2-3,6H2. The number of aromatic nitrogens is 1. The number of halogens is 2. The molecule has 3 rings (SSSR count). The molecule has 0 radical (unpaired) electrons. The normalized spacial score (nSPS) is 15.0. The number of hydrogen-bond donors (Lipinski definition) is 1. The molecule has 1 heterocycles. The monoisotopic (exact) mass is 326 g/mol. The van der Waals surface area contributed by atoms with Gasteiger partial charge in [0.15, 0.2) is 0 Å². The molecule has 0 amide bonds. The molecule has 0 saturated heterocycles. The summed E-state index contributed by atoms with van der Waals surface area (Å²) in [5, 5.41) is 6.31. The van der Waals surface area contributed by atoms with E-state index in [1.807, 2.05) is 5.38 Å². The van der Waals surface area contributed by atoms with Gasteiger partial charge < -0.3 is 5.32 Å². The van der Waals surface area contributed by atoms with Crippen molar-refractivity contribution < 1.29 is 4.39 Å². The van der Waals surface area contributed by atoms with E-state index in [1.165, 1.54) is 25.0 Å². The molecular formula is C13H12BrFN2S. The first kappa shape index (κ1) is 12.3. The zero-order chi connectivity index (χ0) is 12.5. The Hall–Kier alpha value is -0.780. The Labute approximate surface area is 117 Å². The SMILES string of the molecule is Fc1ccc(Br)c(-c2nc(CNC3CC3)cs2)c1. The predicted octanol–water partition coefficient (Wildman–Crippen LogP) is 3.96. The van der Waals surface area contributed by atoms with E-state index in [4.69, 9.17) is 0 Å². The maximum atomic E-state index is 13.2. The Balaban J connectivity index is 1.80. The first-order valence-corrected chi connectivity index (χ1v) is 7.53. The van der Waals surface area contributed by atoms with E-state index >= 15 is 0 Å². The lowest BCUT2D eigenvalue weighted by atomic mass is 10.2. The largest absolute Gasteiger partial charge is 0.308 e. The smallest absolute Gasteiger partial charge is 0.124 e. The van der Waals surface area contributed by atoms with Crippen molar-refractivity contribution in [2.45, 2.75) is 25.4 Å². The molecule has 1 fully saturated rings. The van der Waals surface area contributed by atoms with Crippen LogP contribution in [0.15, 0.2) is 28.1 Å². The second-order valence-electron chi connectivity index (χ2n) is 4.42. The molecule has 0 aliphatic heterocycles. The lowest BCUT2D eigenvalue weighted by molar-refractivity contribution is 0.628. The van der Waals surface area contributed by atoms with Crippen LogP contribution in [0.1, 0.15) is 18.5 Å². The first-order valence-electron chi connectivity index (χ1n) is 5.85. The highest BCUT2D eigenvalue weighted by molar-refractivity contribution is 9.10. The number of benzene rings is 1. The number of rotatable bonds is 4. The van der Waals surface area contributed by atoms with E-state index in [0.717, 1.165) is 27.3 Å². The van der Waals surface area contributed by atoms with Crippen LogP contribution in [0.25, 0.3) is 10.6 Å². The average molecular weight is 327 g/mol. The molecule has 2 aromatic rings. The fraction of sp³-hybridized carbons (Fsp3) is 0.308. The van der Waals surface area contributed by atoms with E-state index in [0.29, 0.717) is 6.04 Å². The van der Waals surface area contributed by atoms with Gasteiger partial charge in [0, 0.05) is 28.0 Å². The van der Waals surface area contributed by atoms with E-state index in [9.17, 15) is 4.39 Å². The number of nitrogens with zero attached hydrogens (tertiary/aromatic N) is 1. The summed E-state index contributed by atoms with van der Waals surface area (Å²) in [4.78, 5) is 4.54. The van der Waals surface area contributed by atoms with Crippen LogP contribution in [0.4, 0.5) is 4.39 Å². The molecule has 0 bridgehead atoms. The van der Waals surface area contributed by atoms with Gasteiger partial charge in [-0.25, -0.2) is 9.37 Å². The molecule has 0 atom stereocenters. The molecule has 1 N–H and O–H groups in total. The van der Waals surface area contributed by atoms with Crippen LogP contribution >= 0.6 is 27.3 Å². The van der Waals surface area contributed by atoms with Gasteiger partial charge in [0.1, 0.15) is 10.8 Å². The molecule has 1 aromatic carbocycles. The first-order chi connectivity index (χ1) is 8.72. The van der Waals surface area contributed by atoms with Crippen LogP contribution in [0.3, 0.4) is 0 Å². The predicted molar refractivity (Wildman–Crippen MR) is 75.1 cm³/mol. The molecule has 0 spiro atoms. The van der Waals surface area contributed by atoms with Crippen molar-refractivity contribution >= 4 is 27.3 Å². The minimum atomic E-state index is -0.235. The van der Waals surface area contributed by atoms with Gasteiger partial charge in [-0.2, -0.15) is 0 Å². The lowest BCUT2D eigenvalue weighted by Gasteiger charge is -2.01. The Morgan fingerprint density at radius 3 is 3.06 bits per heavy atom.